The summed E-state index contributed by atoms with van der Waals surface area (Å²) in [6.07, 6.45) is 4.17. The number of carbonyl (C=O) groups excluding carboxylic acids is 1. The first kappa shape index (κ1) is 13.2. The Kier molecular flexibility index (Phi) is 3.89. The molecule has 0 atom stereocenters. The molecule has 0 unspecified atom stereocenters. The molecule has 0 spiro atoms. The van der Waals surface area contributed by atoms with Crippen molar-refractivity contribution in [1.29, 1.82) is 0 Å². The number of aromatic carboxylic acids is 1. The average molecular weight is 264 g/mol. The highest BCUT2D eigenvalue weighted by Crippen LogP contribution is 2.24. The van der Waals surface area contributed by atoms with E-state index in [1.54, 1.807) is 0 Å². The van der Waals surface area contributed by atoms with E-state index < -0.39 is 5.97 Å². The molecule has 0 aliphatic heterocycles. The Bertz CT molecular complexity index is 495. The number of rotatable bonds is 3. The predicted octanol–water partition coefficient (Wildman–Crippen LogP) is 2.15. The molecule has 1 saturated carbocycles. The molecule has 6 nitrogen and oxygen atoms in total. The molecule has 2 amide bonds. The zero-order valence-corrected chi connectivity index (χ0v) is 10.3. The van der Waals surface area contributed by atoms with E-state index in [1.165, 1.54) is 12.1 Å². The Morgan fingerprint density at radius 1 is 1.21 bits per heavy atom. The minimum Gasteiger partial charge on any atom is -0.506 e. The van der Waals surface area contributed by atoms with E-state index in [0.29, 0.717) is 0 Å². The number of hydrogen-bond acceptors (Lipinski definition) is 3. The molecule has 4 N–H and O–H groups in total. The van der Waals surface area contributed by atoms with Crippen molar-refractivity contribution in [3.05, 3.63) is 23.8 Å². The van der Waals surface area contributed by atoms with Crippen molar-refractivity contribution in [2.75, 3.05) is 5.32 Å². The highest BCUT2D eigenvalue weighted by molar-refractivity contribution is 5.93. The molecule has 1 aromatic rings. The molecule has 6 heteroatoms. The van der Waals surface area contributed by atoms with E-state index in [2.05, 4.69) is 10.6 Å². The first-order chi connectivity index (χ1) is 9.06. The Balaban J connectivity index is 1.98. The number of carboxylic acid groups (broad SMARTS) is 1. The van der Waals surface area contributed by atoms with Crippen LogP contribution in [0.15, 0.2) is 18.2 Å². The lowest BCUT2D eigenvalue weighted by atomic mass is 10.2. The van der Waals surface area contributed by atoms with Crippen LogP contribution >= 0.6 is 0 Å². The Morgan fingerprint density at radius 2 is 1.89 bits per heavy atom. The minimum atomic E-state index is -1.13. The van der Waals surface area contributed by atoms with Crippen LogP contribution in [0.4, 0.5) is 10.5 Å². The van der Waals surface area contributed by atoms with Gasteiger partial charge in [-0.1, -0.05) is 12.8 Å². The van der Waals surface area contributed by atoms with Crippen molar-refractivity contribution in [2.24, 2.45) is 0 Å². The van der Waals surface area contributed by atoms with E-state index in [4.69, 9.17) is 5.11 Å². The highest BCUT2D eigenvalue weighted by atomic mass is 16.4. The van der Waals surface area contributed by atoms with Gasteiger partial charge in [0, 0.05) is 6.04 Å². The van der Waals surface area contributed by atoms with Crippen molar-refractivity contribution in [2.45, 2.75) is 31.7 Å². The topological polar surface area (TPSA) is 98.7 Å². The fraction of sp³-hybridized carbons (Fsp3) is 0.385. The Hall–Kier alpha value is -2.24. The molecule has 102 valence electrons. The number of carboxylic acids is 1. The van der Waals surface area contributed by atoms with Crippen LogP contribution in [0, 0.1) is 0 Å². The van der Waals surface area contributed by atoms with Crippen LogP contribution in [0.3, 0.4) is 0 Å². The number of aromatic hydroxyl groups is 1. The van der Waals surface area contributed by atoms with Gasteiger partial charge in [-0.2, -0.15) is 0 Å². The standard InChI is InChI=1S/C13H16N2O4/c16-11-7-8(12(17)18)5-6-10(11)15-13(19)14-9-3-1-2-4-9/h5-7,9,16H,1-4H2,(H,17,18)(H2,14,15,19). The number of carbonyl (C=O) groups is 2. The average Bonchev–Trinajstić information content (AvgIpc) is 2.84. The number of anilines is 1. The summed E-state index contributed by atoms with van der Waals surface area (Å²) in [6.45, 7) is 0. The summed E-state index contributed by atoms with van der Waals surface area (Å²) in [5.41, 5.74) is 0.166. The summed E-state index contributed by atoms with van der Waals surface area (Å²) >= 11 is 0. The molecule has 0 saturated heterocycles. The van der Waals surface area contributed by atoms with Gasteiger partial charge < -0.3 is 20.8 Å². The van der Waals surface area contributed by atoms with Crippen LogP contribution in [-0.2, 0) is 0 Å². The second-order valence-corrected chi connectivity index (χ2v) is 4.62. The highest BCUT2D eigenvalue weighted by Gasteiger charge is 2.17. The van der Waals surface area contributed by atoms with Crippen LogP contribution in [0.2, 0.25) is 0 Å². The molecule has 1 aromatic carbocycles. The van der Waals surface area contributed by atoms with Crippen molar-refractivity contribution < 1.29 is 19.8 Å². The maximum Gasteiger partial charge on any atom is 0.335 e. The third-order valence-electron chi connectivity index (χ3n) is 3.18. The monoisotopic (exact) mass is 264 g/mol. The number of nitrogens with one attached hydrogen (secondary N) is 2. The van der Waals surface area contributed by atoms with Gasteiger partial charge in [0.2, 0.25) is 0 Å². The number of amides is 2. The van der Waals surface area contributed by atoms with E-state index in [-0.39, 0.29) is 29.1 Å². The van der Waals surface area contributed by atoms with Gasteiger partial charge in [-0.25, -0.2) is 9.59 Å². The van der Waals surface area contributed by atoms with Crippen molar-refractivity contribution in [3.63, 3.8) is 0 Å². The maximum atomic E-state index is 11.7. The second kappa shape index (κ2) is 5.60. The first-order valence-corrected chi connectivity index (χ1v) is 6.20. The molecular weight excluding hydrogens is 248 g/mol. The molecule has 0 heterocycles. The number of benzene rings is 1. The van der Waals surface area contributed by atoms with Gasteiger partial charge in [0.05, 0.1) is 11.3 Å². The zero-order chi connectivity index (χ0) is 13.8. The maximum absolute atomic E-state index is 11.7. The van der Waals surface area contributed by atoms with Gasteiger partial charge in [-0.15, -0.1) is 0 Å². The molecular formula is C13H16N2O4. The van der Waals surface area contributed by atoms with Crippen LogP contribution in [0.5, 0.6) is 5.75 Å². The van der Waals surface area contributed by atoms with Gasteiger partial charge in [-0.3, -0.25) is 0 Å². The molecule has 1 fully saturated rings. The minimum absolute atomic E-state index is 0.0285. The number of urea groups is 1. The SMILES string of the molecule is O=C(Nc1ccc(C(=O)O)cc1O)NC1CCCC1. The quantitative estimate of drug-likeness (QED) is 0.629. The van der Waals surface area contributed by atoms with E-state index in [9.17, 15) is 14.7 Å². The normalized spacial score (nSPS) is 15.2. The Labute approximate surface area is 110 Å². The van der Waals surface area contributed by atoms with Crippen molar-refractivity contribution in [3.8, 4) is 5.75 Å². The van der Waals surface area contributed by atoms with Crippen molar-refractivity contribution in [1.82, 2.24) is 5.32 Å². The predicted molar refractivity (Wildman–Crippen MR) is 69.5 cm³/mol. The lowest BCUT2D eigenvalue weighted by Gasteiger charge is -2.13. The van der Waals surface area contributed by atoms with Gasteiger partial charge in [0.1, 0.15) is 5.75 Å². The molecule has 0 bridgehead atoms. The summed E-state index contributed by atoms with van der Waals surface area (Å²) < 4.78 is 0. The number of hydrogen-bond donors (Lipinski definition) is 4. The third kappa shape index (κ3) is 3.37. The van der Waals surface area contributed by atoms with E-state index >= 15 is 0 Å². The van der Waals surface area contributed by atoms with E-state index in [1.807, 2.05) is 0 Å². The molecule has 2 rings (SSSR count). The van der Waals surface area contributed by atoms with Crippen molar-refractivity contribution >= 4 is 17.7 Å². The largest absolute Gasteiger partial charge is 0.506 e. The fourth-order valence-corrected chi connectivity index (χ4v) is 2.18. The third-order valence-corrected chi connectivity index (χ3v) is 3.18. The van der Waals surface area contributed by atoms with Gasteiger partial charge in [0.15, 0.2) is 0 Å². The summed E-state index contributed by atoms with van der Waals surface area (Å²) in [5.74, 6) is -1.39. The fourth-order valence-electron chi connectivity index (χ4n) is 2.18. The smallest absolute Gasteiger partial charge is 0.335 e. The van der Waals surface area contributed by atoms with Gasteiger partial charge in [-0.05, 0) is 31.0 Å². The summed E-state index contributed by atoms with van der Waals surface area (Å²) in [7, 11) is 0. The zero-order valence-electron chi connectivity index (χ0n) is 10.3. The molecule has 0 radical (unpaired) electrons. The Morgan fingerprint density at radius 3 is 2.47 bits per heavy atom. The summed E-state index contributed by atoms with van der Waals surface area (Å²) in [5, 5.41) is 23.7. The van der Waals surface area contributed by atoms with E-state index in [0.717, 1.165) is 31.7 Å². The number of phenols is 1. The van der Waals surface area contributed by atoms with Crippen LogP contribution in [0.1, 0.15) is 36.0 Å². The lowest BCUT2D eigenvalue weighted by molar-refractivity contribution is 0.0696. The second-order valence-electron chi connectivity index (χ2n) is 4.62. The first-order valence-electron chi connectivity index (χ1n) is 6.20. The lowest BCUT2D eigenvalue weighted by Crippen LogP contribution is -2.36. The van der Waals surface area contributed by atoms with Crippen LogP contribution < -0.4 is 10.6 Å². The van der Waals surface area contributed by atoms with Crippen LogP contribution in [0.25, 0.3) is 0 Å². The molecule has 1 aliphatic carbocycles. The molecule has 19 heavy (non-hydrogen) atoms. The van der Waals surface area contributed by atoms with Gasteiger partial charge in [0.25, 0.3) is 0 Å². The molecule has 0 aromatic heterocycles. The summed E-state index contributed by atoms with van der Waals surface area (Å²) in [4.78, 5) is 22.4. The van der Waals surface area contributed by atoms with Crippen LogP contribution in [-0.4, -0.2) is 28.3 Å². The number of phenolic OH excluding ortho intramolecular Hbond substituents is 1. The molecule has 1 aliphatic rings. The summed E-state index contributed by atoms with van der Waals surface area (Å²) in [6, 6.07) is 3.60. The van der Waals surface area contributed by atoms with Gasteiger partial charge >= 0.3 is 12.0 Å².